The average molecular weight is 300 g/mol. The predicted octanol–water partition coefficient (Wildman–Crippen LogP) is 1.77. The predicted molar refractivity (Wildman–Crippen MR) is 81.2 cm³/mol. The van der Waals surface area contributed by atoms with Crippen LogP contribution in [0.1, 0.15) is 34.7 Å². The van der Waals surface area contributed by atoms with E-state index in [9.17, 15) is 4.79 Å². The first-order chi connectivity index (χ1) is 10.7. The molecule has 1 saturated heterocycles. The Balaban J connectivity index is 1.57. The molecular weight excluding hydrogens is 280 g/mol. The van der Waals surface area contributed by atoms with Gasteiger partial charge in [0.2, 0.25) is 0 Å². The van der Waals surface area contributed by atoms with Gasteiger partial charge in [-0.1, -0.05) is 6.07 Å². The van der Waals surface area contributed by atoms with Gasteiger partial charge in [-0.15, -0.1) is 0 Å². The molecule has 0 spiro atoms. The van der Waals surface area contributed by atoms with Crippen LogP contribution in [-0.4, -0.2) is 39.9 Å². The summed E-state index contributed by atoms with van der Waals surface area (Å²) < 4.78 is 5.09. The van der Waals surface area contributed by atoms with E-state index in [4.69, 9.17) is 4.42 Å². The summed E-state index contributed by atoms with van der Waals surface area (Å²) in [5.74, 6) is 0.403. The fourth-order valence-corrected chi connectivity index (χ4v) is 2.84. The summed E-state index contributed by atoms with van der Waals surface area (Å²) in [6.45, 7) is 4.50. The maximum atomic E-state index is 12.2. The molecule has 2 aromatic rings. The molecule has 6 nitrogen and oxygen atoms in total. The van der Waals surface area contributed by atoms with Crippen molar-refractivity contribution >= 4 is 5.91 Å². The normalized spacial score (nSPS) is 19.0. The molecule has 2 aromatic heterocycles. The average Bonchev–Trinajstić information content (AvgIpc) is 2.95. The minimum absolute atomic E-state index is 0.147. The van der Waals surface area contributed by atoms with Crippen molar-refractivity contribution in [2.24, 2.45) is 0 Å². The number of pyridine rings is 1. The molecule has 22 heavy (non-hydrogen) atoms. The maximum absolute atomic E-state index is 12.2. The van der Waals surface area contributed by atoms with Gasteiger partial charge >= 0.3 is 0 Å². The summed E-state index contributed by atoms with van der Waals surface area (Å²) in [5, 5.41) is 3.06. The minimum atomic E-state index is -0.153. The summed E-state index contributed by atoms with van der Waals surface area (Å²) in [5.41, 5.74) is 1.58. The van der Waals surface area contributed by atoms with Crippen molar-refractivity contribution < 1.29 is 9.21 Å². The quantitative estimate of drug-likeness (QED) is 0.932. The highest BCUT2D eigenvalue weighted by atomic mass is 16.3. The number of hydrogen-bond acceptors (Lipinski definition) is 5. The molecule has 0 aromatic carbocycles. The Labute approximate surface area is 129 Å². The Morgan fingerprint density at radius 2 is 2.45 bits per heavy atom. The van der Waals surface area contributed by atoms with Crippen molar-refractivity contribution in [1.82, 2.24) is 20.2 Å². The molecule has 1 atom stereocenters. The number of aromatic nitrogens is 2. The standard InChI is InChI=1S/C16H20N4O2/c1-12-15(18-11-22-12)16(21)19-14-5-3-7-20(10-14)9-13-4-2-6-17-8-13/h2,4,6,8,11,14H,3,5,7,9-10H2,1H3,(H,19,21)/t14-/m0/s1. The van der Waals surface area contributed by atoms with Crippen molar-refractivity contribution in [1.29, 1.82) is 0 Å². The van der Waals surface area contributed by atoms with Crippen LogP contribution >= 0.6 is 0 Å². The lowest BCUT2D eigenvalue weighted by Gasteiger charge is -2.33. The zero-order chi connectivity index (χ0) is 15.4. The lowest BCUT2D eigenvalue weighted by atomic mass is 10.0. The lowest BCUT2D eigenvalue weighted by molar-refractivity contribution is 0.0895. The van der Waals surface area contributed by atoms with Crippen molar-refractivity contribution in [2.45, 2.75) is 32.4 Å². The highest BCUT2D eigenvalue weighted by Gasteiger charge is 2.23. The van der Waals surface area contributed by atoms with Crippen LogP contribution in [0.4, 0.5) is 0 Å². The third kappa shape index (κ3) is 3.51. The molecule has 0 saturated carbocycles. The molecule has 0 aliphatic carbocycles. The van der Waals surface area contributed by atoms with Crippen molar-refractivity contribution in [3.63, 3.8) is 0 Å². The van der Waals surface area contributed by atoms with Crippen LogP contribution in [0.5, 0.6) is 0 Å². The number of hydrogen-bond donors (Lipinski definition) is 1. The zero-order valence-electron chi connectivity index (χ0n) is 12.7. The number of amides is 1. The summed E-state index contributed by atoms with van der Waals surface area (Å²) in [6.07, 6.45) is 7.04. The highest BCUT2D eigenvalue weighted by molar-refractivity contribution is 5.93. The second-order valence-corrected chi connectivity index (χ2v) is 5.67. The molecule has 0 radical (unpaired) electrons. The fraction of sp³-hybridized carbons (Fsp3) is 0.438. The van der Waals surface area contributed by atoms with E-state index in [1.54, 1.807) is 13.1 Å². The van der Waals surface area contributed by atoms with Gasteiger partial charge in [-0.3, -0.25) is 14.7 Å². The molecule has 116 valence electrons. The first-order valence-corrected chi connectivity index (χ1v) is 7.54. The molecule has 0 bridgehead atoms. The minimum Gasteiger partial charge on any atom is -0.448 e. The van der Waals surface area contributed by atoms with E-state index in [2.05, 4.69) is 26.3 Å². The van der Waals surface area contributed by atoms with Crippen LogP contribution < -0.4 is 5.32 Å². The molecule has 1 aliphatic heterocycles. The molecule has 3 rings (SSSR count). The van der Waals surface area contributed by atoms with E-state index < -0.39 is 0 Å². The van der Waals surface area contributed by atoms with Gasteiger partial charge in [-0.2, -0.15) is 0 Å². The van der Waals surface area contributed by atoms with Gasteiger partial charge in [-0.25, -0.2) is 4.98 Å². The van der Waals surface area contributed by atoms with Crippen LogP contribution in [0.15, 0.2) is 35.3 Å². The van der Waals surface area contributed by atoms with Crippen LogP contribution in [0.3, 0.4) is 0 Å². The number of carbonyl (C=O) groups is 1. The number of likely N-dealkylation sites (tertiary alicyclic amines) is 1. The maximum Gasteiger partial charge on any atom is 0.273 e. The Kier molecular flexibility index (Phi) is 4.48. The topological polar surface area (TPSA) is 71.3 Å². The Hall–Kier alpha value is -2.21. The molecular formula is C16H20N4O2. The van der Waals surface area contributed by atoms with E-state index >= 15 is 0 Å². The second kappa shape index (κ2) is 6.70. The van der Waals surface area contributed by atoms with Gasteiger partial charge in [0.15, 0.2) is 12.1 Å². The smallest absolute Gasteiger partial charge is 0.273 e. The fourth-order valence-electron chi connectivity index (χ4n) is 2.84. The van der Waals surface area contributed by atoms with E-state index in [0.717, 1.165) is 32.5 Å². The molecule has 3 heterocycles. The van der Waals surface area contributed by atoms with Gasteiger partial charge in [0.25, 0.3) is 5.91 Å². The Morgan fingerprint density at radius 1 is 1.55 bits per heavy atom. The molecule has 0 unspecified atom stereocenters. The van der Waals surface area contributed by atoms with Gasteiger partial charge in [0, 0.05) is 31.5 Å². The summed E-state index contributed by atoms with van der Waals surface area (Å²) >= 11 is 0. The largest absolute Gasteiger partial charge is 0.448 e. The molecule has 1 aliphatic rings. The highest BCUT2D eigenvalue weighted by Crippen LogP contribution is 2.14. The number of rotatable bonds is 4. The second-order valence-electron chi connectivity index (χ2n) is 5.67. The van der Waals surface area contributed by atoms with Gasteiger partial charge < -0.3 is 9.73 Å². The molecule has 6 heteroatoms. The van der Waals surface area contributed by atoms with Crippen LogP contribution in [0.25, 0.3) is 0 Å². The Morgan fingerprint density at radius 3 is 3.18 bits per heavy atom. The van der Waals surface area contributed by atoms with Gasteiger partial charge in [0.1, 0.15) is 5.76 Å². The zero-order valence-corrected chi connectivity index (χ0v) is 12.7. The van der Waals surface area contributed by atoms with Crippen molar-refractivity contribution in [2.75, 3.05) is 13.1 Å². The molecule has 1 N–H and O–H groups in total. The van der Waals surface area contributed by atoms with Crippen LogP contribution in [-0.2, 0) is 6.54 Å². The summed E-state index contributed by atoms with van der Waals surface area (Å²) in [6, 6.07) is 4.17. The SMILES string of the molecule is Cc1ocnc1C(=O)N[C@H]1CCCN(Cc2cccnc2)C1. The van der Waals surface area contributed by atoms with Gasteiger partial charge in [-0.05, 0) is 37.9 Å². The van der Waals surface area contributed by atoms with E-state index in [1.807, 2.05) is 12.3 Å². The van der Waals surface area contributed by atoms with E-state index in [0.29, 0.717) is 11.5 Å². The van der Waals surface area contributed by atoms with Crippen molar-refractivity contribution in [3.05, 3.63) is 47.9 Å². The number of piperidine rings is 1. The Bertz CT molecular complexity index is 626. The third-order valence-electron chi connectivity index (χ3n) is 3.93. The first-order valence-electron chi connectivity index (χ1n) is 7.54. The van der Waals surface area contributed by atoms with E-state index in [-0.39, 0.29) is 11.9 Å². The first kappa shape index (κ1) is 14.7. The van der Waals surface area contributed by atoms with E-state index in [1.165, 1.54) is 12.0 Å². The van der Waals surface area contributed by atoms with Crippen molar-refractivity contribution in [3.8, 4) is 0 Å². The molecule has 1 amide bonds. The summed E-state index contributed by atoms with van der Waals surface area (Å²) in [7, 11) is 0. The van der Waals surface area contributed by atoms with Crippen LogP contribution in [0.2, 0.25) is 0 Å². The number of nitrogens with one attached hydrogen (secondary N) is 1. The number of carbonyl (C=O) groups excluding carboxylic acids is 1. The monoisotopic (exact) mass is 300 g/mol. The third-order valence-corrected chi connectivity index (χ3v) is 3.93. The number of nitrogens with zero attached hydrogens (tertiary/aromatic N) is 3. The number of oxazole rings is 1. The summed E-state index contributed by atoms with van der Waals surface area (Å²) in [4.78, 5) is 22.7. The number of aryl methyl sites for hydroxylation is 1. The van der Waals surface area contributed by atoms with Gasteiger partial charge in [0.05, 0.1) is 0 Å². The lowest BCUT2D eigenvalue weighted by Crippen LogP contribution is -2.47. The van der Waals surface area contributed by atoms with Crippen LogP contribution in [0, 0.1) is 6.92 Å². The molecule has 1 fully saturated rings.